The second-order valence-corrected chi connectivity index (χ2v) is 36.3. The number of β-amino-alcohol motifs (C(OH)–C–C–N with tert-alkyl or cyclic N) is 2. The lowest BCUT2D eigenvalue weighted by Crippen LogP contribution is -2.54. The monoisotopic (exact) mass is 1890 g/mol. The van der Waals surface area contributed by atoms with Gasteiger partial charge in [-0.15, -0.1) is 0 Å². The topological polar surface area (TPSA) is 661 Å². The average molecular weight is 1890 g/mol. The Morgan fingerprint density at radius 1 is 0.383 bits per heavy atom. The molecule has 46 nitrogen and oxygen atoms in total. The maximum Gasteiger partial charge on any atom is 0.475 e. The van der Waals surface area contributed by atoms with E-state index in [1.54, 1.807) is 57.6 Å². The molecule has 3 heterocycles. The number of unbranched alkanes of at least 4 members (excludes halogenated alkanes) is 5. The Hall–Kier alpha value is -9.68. The Balaban J connectivity index is 1.15. The number of aliphatic hydroxyl groups is 2. The van der Waals surface area contributed by atoms with Gasteiger partial charge in [0, 0.05) is 177 Å². The molecule has 0 bridgehead atoms. The van der Waals surface area contributed by atoms with Crippen LogP contribution in [-0.2, 0) is 71.9 Å². The second kappa shape index (κ2) is 61.3. The first kappa shape index (κ1) is 114. The lowest BCUT2D eigenvalue weighted by molar-refractivity contribution is -0.140. The molecule has 3 aliphatic heterocycles. The molecule has 0 aromatic heterocycles. The first-order chi connectivity index (χ1) is 63.2. The van der Waals surface area contributed by atoms with Crippen LogP contribution in [0.15, 0.2) is 9.98 Å². The van der Waals surface area contributed by atoms with Crippen LogP contribution in [0.5, 0.6) is 0 Å². The van der Waals surface area contributed by atoms with Gasteiger partial charge in [0.25, 0.3) is 0 Å². The summed E-state index contributed by atoms with van der Waals surface area (Å²) in [5.74, 6) is -10.3. The zero-order valence-electron chi connectivity index (χ0n) is 78.6. The summed E-state index contributed by atoms with van der Waals surface area (Å²) in [6.45, 7) is 4.93. The van der Waals surface area contributed by atoms with Crippen LogP contribution in [0.2, 0.25) is 0 Å². The molecule has 133 heavy (non-hydrogen) atoms. The second-order valence-electron chi connectivity index (χ2n) is 36.3. The van der Waals surface area contributed by atoms with Gasteiger partial charge in [-0.2, -0.15) is 0 Å². The van der Waals surface area contributed by atoms with Crippen molar-refractivity contribution in [1.82, 2.24) is 92.4 Å². The van der Waals surface area contributed by atoms with Crippen molar-refractivity contribution in [1.29, 1.82) is 0 Å². The van der Waals surface area contributed by atoms with E-state index in [1.165, 1.54) is 23.6 Å². The molecule has 5 aliphatic rings. The van der Waals surface area contributed by atoms with E-state index in [2.05, 4.69) is 63.2 Å². The molecule has 0 radical (unpaired) electrons. The number of aliphatic hydroxyl groups excluding tert-OH is 2. The summed E-state index contributed by atoms with van der Waals surface area (Å²) >= 11 is 0. The number of carboxylic acids is 3. The molecule has 9 atom stereocenters. The predicted octanol–water partition coefficient (Wildman–Crippen LogP) is -6.16. The van der Waals surface area contributed by atoms with Crippen molar-refractivity contribution in [2.75, 3.05) is 166 Å². The van der Waals surface area contributed by atoms with Gasteiger partial charge in [-0.05, 0) is 173 Å². The number of aliphatic carboxylic acids is 3. The summed E-state index contributed by atoms with van der Waals surface area (Å²) in [5.41, 5.74) is 12.1. The van der Waals surface area contributed by atoms with Gasteiger partial charge < -0.3 is 130 Å². The van der Waals surface area contributed by atoms with Crippen molar-refractivity contribution in [3.05, 3.63) is 0 Å². The van der Waals surface area contributed by atoms with Gasteiger partial charge in [-0.25, -0.2) is 0 Å². The minimum Gasteiger partial charge on any atom is -0.480 e. The van der Waals surface area contributed by atoms with E-state index in [0.717, 1.165) is 0 Å². The fraction of sp³-hybridized carbons (Fsp3) is 0.800. The minimum atomic E-state index is -1.85. The van der Waals surface area contributed by atoms with Crippen molar-refractivity contribution in [2.45, 2.75) is 248 Å². The first-order valence-corrected chi connectivity index (χ1v) is 47.2. The van der Waals surface area contributed by atoms with Crippen LogP contribution in [0, 0.1) is 23.7 Å². The molecule has 0 aromatic carbocycles. The van der Waals surface area contributed by atoms with Crippen molar-refractivity contribution in [3.63, 3.8) is 0 Å². The van der Waals surface area contributed by atoms with E-state index in [0.29, 0.717) is 116 Å². The SMILES string of the molecule is C[C@@H](NC(=O)C1CCC(CNC(=O)CCCCNC(=O)[C@H](CCCN=C(N)N(C)C)NC(=O)CCCCCC(=O)N[C@@H](CCCCNC(=O)CN2CCN(CC(=O)O)CCN(CC(=O)O)CCN(CC(=O)O)CC2)C(=O)N[C@@H](CCCN=C(N)N(C)C)C(=O)NCCCCC(=O)NCC2CCC(C(=O)N[C@H](C)C(=O)N3C[C@@H](O)C[C@H]3B(O)O)CC2)CC1)C(=O)N1C[C@@H](O)C[C@H]1B(O)O. The normalized spacial score (nSPS) is 21.4. The third kappa shape index (κ3) is 45.0. The van der Waals surface area contributed by atoms with E-state index in [9.17, 15) is 118 Å². The summed E-state index contributed by atoms with van der Waals surface area (Å²) < 4.78 is 0. The predicted molar refractivity (Wildman–Crippen MR) is 492 cm³/mol. The van der Waals surface area contributed by atoms with Crippen molar-refractivity contribution >= 4 is 115 Å². The summed E-state index contributed by atoms with van der Waals surface area (Å²) in [6, 6.07) is -5.19. The highest BCUT2D eigenvalue weighted by Gasteiger charge is 2.45. The average Bonchev–Trinajstić information content (AvgIpc) is 1.69. The molecule has 23 N–H and O–H groups in total. The lowest BCUT2D eigenvalue weighted by Gasteiger charge is -2.32. The number of carbonyl (C=O) groups is 15. The Kier molecular flexibility index (Phi) is 52.5. The molecule has 0 aromatic rings. The first-order valence-electron chi connectivity index (χ1n) is 47.2. The molecule has 5 rings (SSSR count). The zero-order chi connectivity index (χ0) is 98.2. The molecule has 3 saturated heterocycles. The van der Waals surface area contributed by atoms with Gasteiger partial charge in [0.1, 0.15) is 30.2 Å². The van der Waals surface area contributed by atoms with Gasteiger partial charge >= 0.3 is 32.1 Å². The van der Waals surface area contributed by atoms with Gasteiger partial charge in [0.2, 0.25) is 70.9 Å². The lowest BCUT2D eigenvalue weighted by atomic mass is 9.77. The molecule has 12 amide bonds. The number of rotatable bonds is 55. The molecular weight excluding hydrogens is 1730 g/mol. The van der Waals surface area contributed by atoms with Crippen LogP contribution in [0.4, 0.5) is 0 Å². The summed E-state index contributed by atoms with van der Waals surface area (Å²) in [4.78, 5) is 219. The maximum atomic E-state index is 14.6. The number of likely N-dealkylation sites (tertiary alicyclic amines) is 2. The van der Waals surface area contributed by atoms with Gasteiger partial charge in [0.05, 0.1) is 50.3 Å². The summed E-state index contributed by atoms with van der Waals surface area (Å²) in [6.07, 6.45) is 7.43. The van der Waals surface area contributed by atoms with E-state index >= 15 is 0 Å². The third-order valence-corrected chi connectivity index (χ3v) is 24.9. The number of hydrogen-bond donors (Lipinski definition) is 21. The standard InChI is InChI=1S/C85H152B2N22O24/c1-56(82(128)108-50-62(110)46-67(108)86(130)131)97-77(123)60-29-25-58(26-30-60)48-95-69(112)21-11-14-34-91-79(125)64(19-16-36-93-84(88)102(3)4)99-71(114)23-8-7-9-24-72(115)100-66(18-10-13-33-90-73(116)52-104-38-40-105(53-74(117)118)42-44-107(55-76(121)122)45-43-106(41-39-104)54-75(119)120)81(127)101-65(20-17-37-94-85(89)103(5)6)80(126)92-35-15-12-22-70(113)96-49-59-27-31-61(32-28-59)78(124)98-57(2)83(129)109-51-63(111)47-68(109)87(132)133/h56-68,110-111,130-133H,7-55H2,1-6H3,(H2,88,93)(H2,89,94)(H,90,116)(H,91,125)(H,92,126)(H,95,112)(H,96,113)(H,97,123)(H,98,124)(H,99,114)(H,100,115)(H,101,127)(H,117,118)(H,119,120)(H,121,122)/t56-,57-,58?,59?,60?,61?,62+,63+,64+,65+,66+,67+,68+/m1/s1. The highest BCUT2D eigenvalue weighted by molar-refractivity contribution is 6.44. The maximum absolute atomic E-state index is 14.6. The van der Waals surface area contributed by atoms with E-state index in [4.69, 9.17) is 11.5 Å². The Morgan fingerprint density at radius 3 is 1.07 bits per heavy atom. The quantitative estimate of drug-likeness (QED) is 0.0117. The fourth-order valence-corrected chi connectivity index (χ4v) is 16.8. The van der Waals surface area contributed by atoms with Gasteiger partial charge in [0.15, 0.2) is 11.9 Å². The van der Waals surface area contributed by atoms with Crippen LogP contribution < -0.4 is 64.6 Å². The van der Waals surface area contributed by atoms with E-state index in [1.807, 2.05) is 0 Å². The number of guanidine groups is 2. The molecule has 5 fully saturated rings. The highest BCUT2D eigenvalue weighted by atomic mass is 16.4. The van der Waals surface area contributed by atoms with Crippen LogP contribution in [0.25, 0.3) is 0 Å². The van der Waals surface area contributed by atoms with E-state index in [-0.39, 0.29) is 261 Å². The van der Waals surface area contributed by atoms with Gasteiger partial charge in [-0.3, -0.25) is 102 Å². The number of nitrogens with zero attached hydrogens (tertiary/aromatic N) is 10. The molecule has 752 valence electrons. The van der Waals surface area contributed by atoms with Crippen LogP contribution in [0.1, 0.15) is 194 Å². The number of nitrogens with one attached hydrogen (secondary N) is 10. The number of hydrogen-bond acceptors (Lipinski definition) is 27. The van der Waals surface area contributed by atoms with Crippen LogP contribution in [0.3, 0.4) is 0 Å². The van der Waals surface area contributed by atoms with Crippen LogP contribution in [-0.4, -0.2) is 420 Å². The number of amides is 12. The van der Waals surface area contributed by atoms with E-state index < -0.39 is 134 Å². The van der Waals surface area contributed by atoms with Gasteiger partial charge in [-0.1, -0.05) is 6.42 Å². The minimum absolute atomic E-state index is 0.000709. The molecule has 2 saturated carbocycles. The Labute approximate surface area is 780 Å². The third-order valence-electron chi connectivity index (χ3n) is 24.9. The Bertz CT molecular complexity index is 3740. The fourth-order valence-electron chi connectivity index (χ4n) is 16.8. The molecule has 48 heteroatoms. The van der Waals surface area contributed by atoms with Crippen molar-refractivity contribution < 1.29 is 118 Å². The van der Waals surface area contributed by atoms with Crippen LogP contribution >= 0.6 is 0 Å². The summed E-state index contributed by atoms with van der Waals surface area (Å²) in [7, 11) is 3.21. The molecule has 2 aliphatic carbocycles. The molecule has 0 spiro atoms. The smallest absolute Gasteiger partial charge is 0.475 e. The summed E-state index contributed by atoms with van der Waals surface area (Å²) in [5, 5.41) is 117. The highest BCUT2D eigenvalue weighted by Crippen LogP contribution is 2.31. The molecular formula is C85H152B2N22O24. The number of nitrogens with two attached hydrogens (primary N) is 2. The number of carbonyl (C=O) groups excluding carboxylic acids is 12. The van der Waals surface area contributed by atoms with Crippen molar-refractivity contribution in [2.24, 2.45) is 45.1 Å². The largest absolute Gasteiger partial charge is 0.480 e. The van der Waals surface area contributed by atoms with Crippen molar-refractivity contribution in [3.8, 4) is 0 Å². The Morgan fingerprint density at radius 2 is 0.707 bits per heavy atom. The zero-order valence-corrected chi connectivity index (χ0v) is 78.6. The number of aliphatic imine (C=N–C) groups is 2. The molecule has 0 unspecified atom stereocenters. The number of carboxylic acid groups (broad SMARTS) is 3.